The van der Waals surface area contributed by atoms with Gasteiger partial charge in [0, 0.05) is 22.9 Å². The van der Waals surface area contributed by atoms with Gasteiger partial charge in [-0.25, -0.2) is 8.42 Å². The summed E-state index contributed by atoms with van der Waals surface area (Å²) in [6.45, 7) is 2.89. The highest BCUT2D eigenvalue weighted by molar-refractivity contribution is 7.90. The van der Waals surface area contributed by atoms with Crippen molar-refractivity contribution in [3.05, 3.63) is 28.8 Å². The van der Waals surface area contributed by atoms with Gasteiger partial charge in [-0.3, -0.25) is 0 Å². The van der Waals surface area contributed by atoms with Crippen molar-refractivity contribution in [2.45, 2.75) is 25.8 Å². The van der Waals surface area contributed by atoms with Crippen molar-refractivity contribution in [3.8, 4) is 5.75 Å². The first-order valence-electron chi connectivity index (χ1n) is 6.62. The summed E-state index contributed by atoms with van der Waals surface area (Å²) >= 11 is 5.96. The van der Waals surface area contributed by atoms with Crippen LogP contribution in [0.1, 0.15) is 31.4 Å². The molecule has 4 nitrogen and oxygen atoms in total. The van der Waals surface area contributed by atoms with Gasteiger partial charge in [-0.15, -0.1) is 0 Å². The monoisotopic (exact) mass is 319 g/mol. The third-order valence-electron chi connectivity index (χ3n) is 2.99. The summed E-state index contributed by atoms with van der Waals surface area (Å²) in [5.74, 6) is 0.819. The van der Waals surface area contributed by atoms with Crippen LogP contribution in [-0.4, -0.2) is 34.1 Å². The second kappa shape index (κ2) is 7.86. The molecule has 0 amide bonds. The largest absolute Gasteiger partial charge is 0.496 e. The second-order valence-corrected chi connectivity index (χ2v) is 7.51. The van der Waals surface area contributed by atoms with Crippen molar-refractivity contribution in [2.75, 3.05) is 25.7 Å². The molecule has 0 spiro atoms. The first-order chi connectivity index (χ1) is 9.37. The summed E-state index contributed by atoms with van der Waals surface area (Å²) in [6, 6.07) is 5.37. The molecule has 0 fully saturated rings. The maximum atomic E-state index is 11.4. The molecule has 0 saturated heterocycles. The maximum absolute atomic E-state index is 11.4. The van der Waals surface area contributed by atoms with Crippen molar-refractivity contribution in [1.29, 1.82) is 0 Å². The van der Waals surface area contributed by atoms with Crippen LogP contribution in [0.4, 0.5) is 0 Å². The van der Waals surface area contributed by atoms with E-state index in [2.05, 4.69) is 12.2 Å². The Morgan fingerprint density at radius 2 is 2.10 bits per heavy atom. The molecule has 0 aromatic heterocycles. The Balaban J connectivity index is 2.97. The first kappa shape index (κ1) is 17.3. The SMILES string of the molecule is CCCNC(CCS(C)(=O)=O)c1ccc(Cl)cc1OC. The van der Waals surface area contributed by atoms with Crippen LogP contribution in [0.2, 0.25) is 5.02 Å². The minimum Gasteiger partial charge on any atom is -0.496 e. The van der Waals surface area contributed by atoms with E-state index in [1.54, 1.807) is 19.2 Å². The number of methoxy groups -OCH3 is 1. The van der Waals surface area contributed by atoms with E-state index in [0.29, 0.717) is 17.2 Å². The van der Waals surface area contributed by atoms with Gasteiger partial charge in [-0.05, 0) is 31.5 Å². The molecule has 0 saturated carbocycles. The molecule has 1 aromatic carbocycles. The summed E-state index contributed by atoms with van der Waals surface area (Å²) in [5.41, 5.74) is 0.939. The zero-order chi connectivity index (χ0) is 15.2. The molecule has 20 heavy (non-hydrogen) atoms. The summed E-state index contributed by atoms with van der Waals surface area (Å²) < 4.78 is 28.1. The molecule has 0 radical (unpaired) electrons. The molecule has 6 heteroatoms. The lowest BCUT2D eigenvalue weighted by molar-refractivity contribution is 0.397. The summed E-state index contributed by atoms with van der Waals surface area (Å²) in [6.07, 6.45) is 2.74. The molecule has 1 rings (SSSR count). The second-order valence-electron chi connectivity index (χ2n) is 4.81. The van der Waals surface area contributed by atoms with Gasteiger partial charge in [-0.2, -0.15) is 0 Å². The highest BCUT2D eigenvalue weighted by Crippen LogP contribution is 2.30. The highest BCUT2D eigenvalue weighted by atomic mass is 35.5. The molecule has 114 valence electrons. The highest BCUT2D eigenvalue weighted by Gasteiger charge is 2.18. The van der Waals surface area contributed by atoms with Gasteiger partial charge < -0.3 is 10.1 Å². The first-order valence-corrected chi connectivity index (χ1v) is 9.05. The Labute approximate surface area is 126 Å². The van der Waals surface area contributed by atoms with Crippen LogP contribution in [0.15, 0.2) is 18.2 Å². The molecular formula is C14H22ClNO3S. The fourth-order valence-electron chi connectivity index (χ4n) is 1.99. The van der Waals surface area contributed by atoms with E-state index in [-0.39, 0.29) is 11.8 Å². The van der Waals surface area contributed by atoms with Gasteiger partial charge in [0.2, 0.25) is 0 Å². The lowest BCUT2D eigenvalue weighted by Crippen LogP contribution is -2.25. The Bertz CT molecular complexity index is 531. The molecule has 0 aliphatic rings. The number of rotatable bonds is 8. The molecular weight excluding hydrogens is 298 g/mol. The van der Waals surface area contributed by atoms with Crippen LogP contribution >= 0.6 is 11.6 Å². The van der Waals surface area contributed by atoms with E-state index in [1.807, 2.05) is 6.07 Å². The topological polar surface area (TPSA) is 55.4 Å². The van der Waals surface area contributed by atoms with E-state index in [1.165, 1.54) is 6.26 Å². The Morgan fingerprint density at radius 1 is 1.40 bits per heavy atom. The maximum Gasteiger partial charge on any atom is 0.147 e. The molecule has 0 bridgehead atoms. The smallest absolute Gasteiger partial charge is 0.147 e. The van der Waals surface area contributed by atoms with Gasteiger partial charge in [-0.1, -0.05) is 24.6 Å². The zero-order valence-corrected chi connectivity index (χ0v) is 13.7. The normalized spacial score (nSPS) is 13.2. The molecule has 1 unspecified atom stereocenters. The average molecular weight is 320 g/mol. The van der Waals surface area contributed by atoms with E-state index in [9.17, 15) is 8.42 Å². The van der Waals surface area contributed by atoms with Crippen molar-refractivity contribution >= 4 is 21.4 Å². The number of benzene rings is 1. The van der Waals surface area contributed by atoms with Gasteiger partial charge in [0.25, 0.3) is 0 Å². The molecule has 0 aliphatic heterocycles. The van der Waals surface area contributed by atoms with Crippen LogP contribution in [0, 0.1) is 0 Å². The molecule has 1 aromatic rings. The van der Waals surface area contributed by atoms with Crippen LogP contribution in [0.3, 0.4) is 0 Å². The number of nitrogens with one attached hydrogen (secondary N) is 1. The fourth-order valence-corrected chi connectivity index (χ4v) is 2.82. The lowest BCUT2D eigenvalue weighted by Gasteiger charge is -2.21. The van der Waals surface area contributed by atoms with Crippen molar-refractivity contribution in [3.63, 3.8) is 0 Å². The predicted octanol–water partition coefficient (Wildman–Crippen LogP) is 2.82. The van der Waals surface area contributed by atoms with Crippen molar-refractivity contribution in [1.82, 2.24) is 5.32 Å². The van der Waals surface area contributed by atoms with E-state index >= 15 is 0 Å². The van der Waals surface area contributed by atoms with Crippen molar-refractivity contribution in [2.24, 2.45) is 0 Å². The van der Waals surface area contributed by atoms with E-state index in [0.717, 1.165) is 18.5 Å². The lowest BCUT2D eigenvalue weighted by atomic mass is 10.0. The number of sulfone groups is 1. The van der Waals surface area contributed by atoms with Gasteiger partial charge in [0.15, 0.2) is 0 Å². The summed E-state index contributed by atoms with van der Waals surface area (Å²) in [7, 11) is -1.40. The number of hydrogen-bond donors (Lipinski definition) is 1. The van der Waals surface area contributed by atoms with Crippen LogP contribution in [0.5, 0.6) is 5.75 Å². The Kier molecular flexibility index (Phi) is 6.79. The van der Waals surface area contributed by atoms with Gasteiger partial charge in [0.1, 0.15) is 15.6 Å². The number of hydrogen-bond acceptors (Lipinski definition) is 4. The quantitative estimate of drug-likeness (QED) is 0.800. The third-order valence-corrected chi connectivity index (χ3v) is 4.20. The number of ether oxygens (including phenoxy) is 1. The van der Waals surface area contributed by atoms with Crippen LogP contribution in [0.25, 0.3) is 0 Å². The fraction of sp³-hybridized carbons (Fsp3) is 0.571. The third kappa shape index (κ3) is 5.69. The van der Waals surface area contributed by atoms with E-state index in [4.69, 9.17) is 16.3 Å². The number of halogens is 1. The minimum atomic E-state index is -2.99. The average Bonchev–Trinajstić information content (AvgIpc) is 2.38. The molecule has 1 N–H and O–H groups in total. The van der Waals surface area contributed by atoms with Crippen molar-refractivity contribution < 1.29 is 13.2 Å². The zero-order valence-electron chi connectivity index (χ0n) is 12.1. The summed E-state index contributed by atoms with van der Waals surface area (Å²) in [5, 5.41) is 3.96. The molecule has 1 atom stereocenters. The minimum absolute atomic E-state index is 0.0584. The van der Waals surface area contributed by atoms with Gasteiger partial charge in [0.05, 0.1) is 12.9 Å². The Morgan fingerprint density at radius 3 is 2.65 bits per heavy atom. The Hall–Kier alpha value is -0.780. The van der Waals surface area contributed by atoms with Crippen LogP contribution in [-0.2, 0) is 9.84 Å². The molecule has 0 heterocycles. The van der Waals surface area contributed by atoms with E-state index < -0.39 is 9.84 Å². The van der Waals surface area contributed by atoms with Gasteiger partial charge >= 0.3 is 0 Å². The summed E-state index contributed by atoms with van der Waals surface area (Å²) in [4.78, 5) is 0. The molecule has 0 aliphatic carbocycles. The standard InChI is InChI=1S/C14H22ClNO3S/c1-4-8-16-13(7-9-20(3,17)18)12-6-5-11(15)10-14(12)19-2/h5-6,10,13,16H,4,7-9H2,1-3H3. The van der Waals surface area contributed by atoms with Crippen LogP contribution < -0.4 is 10.1 Å². The predicted molar refractivity (Wildman–Crippen MR) is 83.4 cm³/mol.